The maximum absolute atomic E-state index is 9.96. The molecule has 0 saturated carbocycles. The van der Waals surface area contributed by atoms with E-state index in [4.69, 9.17) is 23.7 Å². The Balaban J connectivity index is 2.22. The molecule has 110 valence electrons. The largest absolute Gasteiger partial charge is 0.388 e. The lowest BCUT2D eigenvalue weighted by atomic mass is 9.97. The van der Waals surface area contributed by atoms with Crippen LogP contribution in [0.3, 0.4) is 0 Å². The summed E-state index contributed by atoms with van der Waals surface area (Å²) in [5, 5.41) is 9.96. The fourth-order valence-corrected chi connectivity index (χ4v) is 2.49. The van der Waals surface area contributed by atoms with Gasteiger partial charge < -0.3 is 28.8 Å². The molecule has 2 aliphatic rings. The minimum atomic E-state index is -1.05. The number of aliphatic hydroxyl groups is 1. The van der Waals surface area contributed by atoms with Crippen LogP contribution in [0.4, 0.5) is 0 Å². The number of rotatable bonds is 4. The lowest BCUT2D eigenvalue weighted by Crippen LogP contribution is -2.64. The summed E-state index contributed by atoms with van der Waals surface area (Å²) in [6.07, 6.45) is -0.257. The molecule has 2 rings (SSSR count). The molecule has 2 aliphatic heterocycles. The van der Waals surface area contributed by atoms with Gasteiger partial charge in [-0.05, 0) is 13.8 Å². The average molecular weight is 274 g/mol. The van der Waals surface area contributed by atoms with E-state index in [-0.39, 0.29) is 13.2 Å². The first-order valence-corrected chi connectivity index (χ1v) is 6.35. The fraction of sp³-hybridized carbons (Fsp3) is 0.846. The van der Waals surface area contributed by atoms with E-state index in [1.807, 2.05) is 13.8 Å². The zero-order valence-corrected chi connectivity index (χ0v) is 11.6. The lowest BCUT2D eigenvalue weighted by Gasteiger charge is -2.45. The Bertz CT molecular complexity index is 331. The monoisotopic (exact) mass is 274 g/mol. The van der Waals surface area contributed by atoms with E-state index in [0.717, 1.165) is 0 Å². The van der Waals surface area contributed by atoms with Crippen molar-refractivity contribution in [3.8, 4) is 0 Å². The highest BCUT2D eigenvalue weighted by atomic mass is 16.8. The number of ether oxygens (including phenoxy) is 5. The summed E-state index contributed by atoms with van der Waals surface area (Å²) in [6, 6.07) is 0. The van der Waals surface area contributed by atoms with E-state index < -0.39 is 29.9 Å². The third-order valence-electron chi connectivity index (χ3n) is 3.31. The van der Waals surface area contributed by atoms with Gasteiger partial charge in [-0.15, -0.1) is 6.58 Å². The topological polar surface area (TPSA) is 66.4 Å². The van der Waals surface area contributed by atoms with Crippen molar-refractivity contribution in [2.24, 2.45) is 0 Å². The fourth-order valence-electron chi connectivity index (χ4n) is 2.49. The molecule has 2 fully saturated rings. The van der Waals surface area contributed by atoms with Crippen molar-refractivity contribution < 1.29 is 28.8 Å². The minimum Gasteiger partial charge on any atom is -0.388 e. The summed E-state index contributed by atoms with van der Waals surface area (Å²) in [4.78, 5) is 0. The van der Waals surface area contributed by atoms with Crippen LogP contribution in [0, 0.1) is 0 Å². The van der Waals surface area contributed by atoms with Crippen molar-refractivity contribution in [3.63, 3.8) is 0 Å². The van der Waals surface area contributed by atoms with E-state index in [9.17, 15) is 5.11 Å². The molecule has 2 saturated heterocycles. The molecule has 19 heavy (non-hydrogen) atoms. The minimum absolute atomic E-state index is 0.117. The van der Waals surface area contributed by atoms with Crippen LogP contribution in [-0.4, -0.2) is 61.9 Å². The van der Waals surface area contributed by atoms with Crippen molar-refractivity contribution in [2.75, 3.05) is 26.9 Å². The molecule has 0 aromatic rings. The second-order valence-corrected chi connectivity index (χ2v) is 5.22. The van der Waals surface area contributed by atoms with E-state index in [2.05, 4.69) is 6.58 Å². The van der Waals surface area contributed by atoms with E-state index in [1.54, 1.807) is 6.08 Å². The van der Waals surface area contributed by atoms with Gasteiger partial charge in [0.15, 0.2) is 5.79 Å². The summed E-state index contributed by atoms with van der Waals surface area (Å²) < 4.78 is 28.2. The van der Waals surface area contributed by atoms with Gasteiger partial charge in [-0.25, -0.2) is 0 Å². The van der Waals surface area contributed by atoms with Crippen molar-refractivity contribution in [2.45, 2.75) is 43.7 Å². The van der Waals surface area contributed by atoms with E-state index >= 15 is 0 Å². The molecule has 0 aliphatic carbocycles. The third kappa shape index (κ3) is 2.84. The second kappa shape index (κ2) is 5.47. The molecule has 6 heteroatoms. The first-order chi connectivity index (χ1) is 8.94. The summed E-state index contributed by atoms with van der Waals surface area (Å²) in [7, 11) is 1.53. The Labute approximate surface area is 113 Å². The zero-order chi connectivity index (χ0) is 14.1. The summed E-state index contributed by atoms with van der Waals surface area (Å²) >= 11 is 0. The number of methoxy groups -OCH3 is 1. The van der Waals surface area contributed by atoms with Gasteiger partial charge in [-0.1, -0.05) is 6.08 Å². The molecule has 0 bridgehead atoms. The molecule has 4 atom stereocenters. The van der Waals surface area contributed by atoms with Crippen molar-refractivity contribution in [1.82, 2.24) is 0 Å². The standard InChI is InChI=1S/C13H22O6/c1-5-6-16-11-10(15-4)9(14)7-17-13(11)8-18-12(2,3)19-13/h5,9-11,14H,1,6-8H2,2-4H3/t9-,10-,11+,13+/m1/s1. The highest BCUT2D eigenvalue weighted by Gasteiger charge is 2.59. The predicted octanol–water partition coefficient (Wildman–Crippen LogP) is 0.443. The van der Waals surface area contributed by atoms with Gasteiger partial charge in [0.2, 0.25) is 5.79 Å². The SMILES string of the molecule is C=CCO[C@H]1[C@H](OC)[C@H](O)CO[C@]12COC(C)(C)O2. The first kappa shape index (κ1) is 14.9. The Morgan fingerprint density at radius 2 is 2.16 bits per heavy atom. The molecule has 0 aromatic carbocycles. The zero-order valence-electron chi connectivity index (χ0n) is 11.6. The first-order valence-electron chi connectivity index (χ1n) is 6.35. The van der Waals surface area contributed by atoms with Crippen molar-refractivity contribution >= 4 is 0 Å². The van der Waals surface area contributed by atoms with Crippen molar-refractivity contribution in [1.29, 1.82) is 0 Å². The normalized spacial score (nSPS) is 41.6. The summed E-state index contributed by atoms with van der Waals surface area (Å²) in [5.41, 5.74) is 0. The average Bonchev–Trinajstić information content (AvgIpc) is 2.67. The number of hydrogen-bond donors (Lipinski definition) is 1. The van der Waals surface area contributed by atoms with Crippen LogP contribution >= 0.6 is 0 Å². The molecular weight excluding hydrogens is 252 g/mol. The number of aliphatic hydroxyl groups excluding tert-OH is 1. The molecule has 0 amide bonds. The predicted molar refractivity (Wildman–Crippen MR) is 66.5 cm³/mol. The van der Waals surface area contributed by atoms with Gasteiger partial charge in [0.05, 0.1) is 13.2 Å². The van der Waals surface area contributed by atoms with Crippen LogP contribution in [-0.2, 0) is 23.7 Å². The molecule has 0 aromatic heterocycles. The Morgan fingerprint density at radius 1 is 1.42 bits per heavy atom. The Hall–Kier alpha value is -0.500. The van der Waals surface area contributed by atoms with Gasteiger partial charge in [0.1, 0.15) is 24.9 Å². The van der Waals surface area contributed by atoms with Crippen LogP contribution < -0.4 is 0 Å². The van der Waals surface area contributed by atoms with E-state index in [0.29, 0.717) is 6.61 Å². The molecule has 2 heterocycles. The van der Waals surface area contributed by atoms with Gasteiger partial charge >= 0.3 is 0 Å². The Morgan fingerprint density at radius 3 is 2.68 bits per heavy atom. The molecule has 0 radical (unpaired) electrons. The highest BCUT2D eigenvalue weighted by Crippen LogP contribution is 2.40. The number of hydrogen-bond acceptors (Lipinski definition) is 6. The second-order valence-electron chi connectivity index (χ2n) is 5.22. The summed E-state index contributed by atoms with van der Waals surface area (Å²) in [5.74, 6) is -1.80. The van der Waals surface area contributed by atoms with Gasteiger partial charge in [0, 0.05) is 7.11 Å². The highest BCUT2D eigenvalue weighted by molar-refractivity contribution is 4.98. The summed E-state index contributed by atoms with van der Waals surface area (Å²) in [6.45, 7) is 7.89. The van der Waals surface area contributed by atoms with Gasteiger partial charge in [0.25, 0.3) is 0 Å². The maximum atomic E-state index is 9.96. The van der Waals surface area contributed by atoms with Crippen molar-refractivity contribution in [3.05, 3.63) is 12.7 Å². The van der Waals surface area contributed by atoms with Gasteiger partial charge in [-0.3, -0.25) is 0 Å². The van der Waals surface area contributed by atoms with Crippen LogP contribution in [0.1, 0.15) is 13.8 Å². The van der Waals surface area contributed by atoms with Crippen LogP contribution in [0.15, 0.2) is 12.7 Å². The third-order valence-corrected chi connectivity index (χ3v) is 3.31. The molecule has 1 spiro atoms. The Kier molecular flexibility index (Phi) is 4.29. The molecular formula is C13H22O6. The van der Waals surface area contributed by atoms with E-state index in [1.165, 1.54) is 7.11 Å². The smallest absolute Gasteiger partial charge is 0.224 e. The van der Waals surface area contributed by atoms with Crippen LogP contribution in [0.5, 0.6) is 0 Å². The quantitative estimate of drug-likeness (QED) is 0.751. The molecule has 1 N–H and O–H groups in total. The van der Waals surface area contributed by atoms with Gasteiger partial charge in [-0.2, -0.15) is 0 Å². The lowest BCUT2D eigenvalue weighted by molar-refractivity contribution is -0.346. The molecule has 0 unspecified atom stereocenters. The van der Waals surface area contributed by atoms with Crippen LogP contribution in [0.25, 0.3) is 0 Å². The molecule has 6 nitrogen and oxygen atoms in total. The van der Waals surface area contributed by atoms with Crippen LogP contribution in [0.2, 0.25) is 0 Å². The maximum Gasteiger partial charge on any atom is 0.224 e.